The van der Waals surface area contributed by atoms with Crippen LogP contribution in [-0.4, -0.2) is 77.6 Å². The summed E-state index contributed by atoms with van der Waals surface area (Å²) in [6.45, 7) is 8.85. The maximum atomic E-state index is 13.8. The lowest BCUT2D eigenvalue weighted by atomic mass is 9.87. The van der Waals surface area contributed by atoms with Crippen LogP contribution >= 0.6 is 0 Å². The van der Waals surface area contributed by atoms with Crippen LogP contribution in [0.1, 0.15) is 59.8 Å². The van der Waals surface area contributed by atoms with E-state index >= 15 is 0 Å². The Morgan fingerprint density at radius 2 is 1.74 bits per heavy atom. The van der Waals surface area contributed by atoms with E-state index in [1.54, 1.807) is 18.7 Å². The lowest BCUT2D eigenvalue weighted by Crippen LogP contribution is -2.59. The van der Waals surface area contributed by atoms with Gasteiger partial charge in [0.2, 0.25) is 17.7 Å². The number of rotatable bonds is 11. The van der Waals surface area contributed by atoms with Gasteiger partial charge in [-0.25, -0.2) is 0 Å². The van der Waals surface area contributed by atoms with Crippen LogP contribution in [0.5, 0.6) is 0 Å². The van der Waals surface area contributed by atoms with Gasteiger partial charge in [-0.3, -0.25) is 24.9 Å². The van der Waals surface area contributed by atoms with Gasteiger partial charge in [0.1, 0.15) is 12.1 Å². The number of nitrogens with two attached hydrogens (primary N) is 1. The first kappa shape index (κ1) is 27.5. The van der Waals surface area contributed by atoms with Gasteiger partial charge >= 0.3 is 0 Å². The van der Waals surface area contributed by atoms with E-state index in [4.69, 9.17) is 10.5 Å². The molecule has 198 valence electrons. The standard InChI is InChI=1S/C25H42N4O6/c1-13(2)17-7-9-29(25(34)19(16-8-10-35-12-16)28-23(32)14(3)4)20(17)24(33)27-18(11-15-5-6-15)21(30)22(26)31/h13-20,22,31H,5-12,26H2,1-4H3,(H,27,33)(H,28,32)/t16?,17-,18?,19?,20+,22?/m1/s1. The van der Waals surface area contributed by atoms with Crippen molar-refractivity contribution in [2.75, 3.05) is 19.8 Å². The van der Waals surface area contributed by atoms with Crippen molar-refractivity contribution in [1.82, 2.24) is 15.5 Å². The third-order valence-electron chi connectivity index (χ3n) is 7.59. The maximum Gasteiger partial charge on any atom is 0.246 e. The van der Waals surface area contributed by atoms with E-state index in [0.29, 0.717) is 44.9 Å². The number of Topliss-reactive ketones (excluding diaryl/α,β-unsaturated/α-hetero) is 1. The maximum absolute atomic E-state index is 13.8. The molecule has 35 heavy (non-hydrogen) atoms. The van der Waals surface area contributed by atoms with Gasteiger partial charge in [0.25, 0.3) is 0 Å². The SMILES string of the molecule is CC(C)C(=O)NC(C(=O)N1CC[C@H](C(C)C)[C@H]1C(=O)NC(CC1CC1)C(=O)C(N)O)C1CCOC1. The van der Waals surface area contributed by atoms with E-state index in [1.165, 1.54) is 0 Å². The Labute approximate surface area is 207 Å². The third-order valence-corrected chi connectivity index (χ3v) is 7.59. The number of nitrogens with zero attached hydrogens (tertiary/aromatic N) is 1. The predicted octanol–water partition coefficient (Wildman–Crippen LogP) is 0.168. The number of nitrogens with one attached hydrogen (secondary N) is 2. The lowest BCUT2D eigenvalue weighted by molar-refractivity contribution is -0.145. The molecule has 4 unspecified atom stereocenters. The molecule has 3 fully saturated rings. The van der Waals surface area contributed by atoms with Gasteiger partial charge in [-0.2, -0.15) is 0 Å². The molecule has 0 spiro atoms. The van der Waals surface area contributed by atoms with Crippen LogP contribution in [-0.2, 0) is 23.9 Å². The zero-order valence-electron chi connectivity index (χ0n) is 21.4. The quantitative estimate of drug-likeness (QED) is 0.299. The van der Waals surface area contributed by atoms with Crippen molar-refractivity contribution in [3.8, 4) is 0 Å². The number of ketones is 1. The summed E-state index contributed by atoms with van der Waals surface area (Å²) in [5.41, 5.74) is 5.43. The highest BCUT2D eigenvalue weighted by molar-refractivity contribution is 5.96. The summed E-state index contributed by atoms with van der Waals surface area (Å²) < 4.78 is 5.50. The van der Waals surface area contributed by atoms with Crippen LogP contribution in [0.2, 0.25) is 0 Å². The Hall–Kier alpha value is -2.04. The van der Waals surface area contributed by atoms with Gasteiger partial charge in [0.15, 0.2) is 12.0 Å². The van der Waals surface area contributed by atoms with E-state index in [0.717, 1.165) is 12.8 Å². The van der Waals surface area contributed by atoms with E-state index in [2.05, 4.69) is 10.6 Å². The molecule has 0 aromatic rings. The number of carbonyl (C=O) groups is 4. The second kappa shape index (κ2) is 11.8. The molecule has 5 N–H and O–H groups in total. The monoisotopic (exact) mass is 494 g/mol. The zero-order chi connectivity index (χ0) is 25.9. The summed E-state index contributed by atoms with van der Waals surface area (Å²) in [7, 11) is 0. The van der Waals surface area contributed by atoms with Crippen LogP contribution in [0.3, 0.4) is 0 Å². The predicted molar refractivity (Wildman–Crippen MR) is 129 cm³/mol. The highest BCUT2D eigenvalue weighted by Crippen LogP contribution is 2.35. The molecule has 3 rings (SSSR count). The number of ether oxygens (including phenoxy) is 1. The number of aliphatic hydroxyl groups excluding tert-OH is 1. The van der Waals surface area contributed by atoms with Gasteiger partial charge in [-0.15, -0.1) is 0 Å². The fourth-order valence-corrected chi connectivity index (χ4v) is 5.19. The number of amides is 3. The van der Waals surface area contributed by atoms with Crippen molar-refractivity contribution < 1.29 is 29.0 Å². The molecule has 6 atom stereocenters. The molecule has 0 aromatic carbocycles. The minimum absolute atomic E-state index is 0.0975. The molecular formula is C25H42N4O6. The van der Waals surface area contributed by atoms with E-state index in [9.17, 15) is 24.3 Å². The first-order chi connectivity index (χ1) is 16.5. The average molecular weight is 495 g/mol. The van der Waals surface area contributed by atoms with Crippen LogP contribution in [0, 0.1) is 29.6 Å². The van der Waals surface area contributed by atoms with Gasteiger partial charge in [-0.1, -0.05) is 40.5 Å². The normalized spacial score (nSPS) is 27.1. The molecule has 3 amide bonds. The topological polar surface area (TPSA) is 151 Å². The smallest absolute Gasteiger partial charge is 0.246 e. The Morgan fingerprint density at radius 3 is 2.26 bits per heavy atom. The van der Waals surface area contributed by atoms with Crippen LogP contribution in [0.25, 0.3) is 0 Å². The minimum atomic E-state index is -1.67. The van der Waals surface area contributed by atoms with Gasteiger partial charge < -0.3 is 25.4 Å². The molecule has 0 bridgehead atoms. The minimum Gasteiger partial charge on any atom is -0.381 e. The van der Waals surface area contributed by atoms with Gasteiger partial charge in [0.05, 0.1) is 12.6 Å². The van der Waals surface area contributed by atoms with Crippen molar-refractivity contribution in [2.45, 2.75) is 84.2 Å². The highest BCUT2D eigenvalue weighted by Gasteiger charge is 2.47. The summed E-state index contributed by atoms with van der Waals surface area (Å²) in [5.74, 6) is -1.64. The van der Waals surface area contributed by atoms with Crippen molar-refractivity contribution in [1.29, 1.82) is 0 Å². The summed E-state index contributed by atoms with van der Waals surface area (Å²) >= 11 is 0. The third kappa shape index (κ3) is 6.80. The number of carbonyl (C=O) groups excluding carboxylic acids is 4. The second-order valence-electron chi connectivity index (χ2n) is 11.0. The number of hydrogen-bond donors (Lipinski definition) is 4. The van der Waals surface area contributed by atoms with Crippen molar-refractivity contribution >= 4 is 23.5 Å². The summed E-state index contributed by atoms with van der Waals surface area (Å²) in [6, 6.07) is -2.43. The van der Waals surface area contributed by atoms with E-state index in [1.807, 2.05) is 13.8 Å². The van der Waals surface area contributed by atoms with Gasteiger partial charge in [0, 0.05) is 25.0 Å². The molecule has 1 aliphatic carbocycles. The van der Waals surface area contributed by atoms with Crippen LogP contribution < -0.4 is 16.4 Å². The highest BCUT2D eigenvalue weighted by atomic mass is 16.5. The number of likely N-dealkylation sites (tertiary alicyclic amines) is 1. The molecule has 0 aromatic heterocycles. The van der Waals surface area contributed by atoms with E-state index in [-0.39, 0.29) is 35.5 Å². The summed E-state index contributed by atoms with van der Waals surface area (Å²) in [4.78, 5) is 54.1. The lowest BCUT2D eigenvalue weighted by Gasteiger charge is -2.34. The molecule has 10 nitrogen and oxygen atoms in total. The molecule has 3 aliphatic rings. The number of aliphatic hydroxyl groups is 1. The Kier molecular flexibility index (Phi) is 9.28. The Morgan fingerprint density at radius 1 is 1.06 bits per heavy atom. The summed E-state index contributed by atoms with van der Waals surface area (Å²) in [5, 5.41) is 15.4. The molecule has 2 saturated heterocycles. The molecule has 1 saturated carbocycles. The summed E-state index contributed by atoms with van der Waals surface area (Å²) in [6.07, 6.45) is 2.01. The van der Waals surface area contributed by atoms with Crippen LogP contribution in [0.15, 0.2) is 0 Å². The molecule has 10 heteroatoms. The first-order valence-corrected chi connectivity index (χ1v) is 13.0. The van der Waals surface area contributed by atoms with Crippen molar-refractivity contribution in [2.24, 2.45) is 35.3 Å². The number of hydrogen-bond acceptors (Lipinski definition) is 7. The molecule has 2 heterocycles. The van der Waals surface area contributed by atoms with Crippen LogP contribution in [0.4, 0.5) is 0 Å². The fourth-order valence-electron chi connectivity index (χ4n) is 5.19. The van der Waals surface area contributed by atoms with Gasteiger partial charge in [-0.05, 0) is 37.0 Å². The largest absolute Gasteiger partial charge is 0.381 e. The zero-order valence-corrected chi connectivity index (χ0v) is 21.4. The molecule has 0 radical (unpaired) electrons. The Bertz CT molecular complexity index is 791. The molecule has 2 aliphatic heterocycles. The molecular weight excluding hydrogens is 452 g/mol. The van der Waals surface area contributed by atoms with Crippen molar-refractivity contribution in [3.63, 3.8) is 0 Å². The van der Waals surface area contributed by atoms with E-state index < -0.39 is 36.0 Å². The average Bonchev–Trinajstić information content (AvgIpc) is 3.26. The second-order valence-corrected chi connectivity index (χ2v) is 11.0. The fraction of sp³-hybridized carbons (Fsp3) is 0.840. The first-order valence-electron chi connectivity index (χ1n) is 13.0. The Balaban J connectivity index is 1.83. The van der Waals surface area contributed by atoms with Crippen molar-refractivity contribution in [3.05, 3.63) is 0 Å².